The lowest BCUT2D eigenvalue weighted by molar-refractivity contribution is -0.126. The van der Waals surface area contributed by atoms with Crippen LogP contribution in [0.3, 0.4) is 0 Å². The number of hydrogen-bond donors (Lipinski definition) is 1. The van der Waals surface area contributed by atoms with E-state index < -0.39 is 33.6 Å². The second kappa shape index (κ2) is 7.11. The molecule has 3 aliphatic rings. The molecule has 0 saturated carbocycles. The van der Waals surface area contributed by atoms with Crippen molar-refractivity contribution in [1.82, 2.24) is 4.83 Å². The first-order valence-corrected chi connectivity index (χ1v) is 11.6. The number of rotatable bonds is 5. The van der Waals surface area contributed by atoms with Crippen LogP contribution in [0.25, 0.3) is 0 Å². The summed E-state index contributed by atoms with van der Waals surface area (Å²) in [5.74, 6) is -1.76. The van der Waals surface area contributed by atoms with Crippen molar-refractivity contribution >= 4 is 33.7 Å². The van der Waals surface area contributed by atoms with E-state index in [2.05, 4.69) is 9.93 Å². The van der Waals surface area contributed by atoms with Crippen LogP contribution in [0.2, 0.25) is 0 Å². The number of imide groups is 1. The van der Waals surface area contributed by atoms with Gasteiger partial charge in [-0.25, -0.2) is 9.73 Å². The second-order valence-electron chi connectivity index (χ2n) is 8.40. The number of anilines is 1. The molecule has 2 saturated heterocycles. The van der Waals surface area contributed by atoms with Crippen molar-refractivity contribution in [3.05, 3.63) is 71.8 Å². The minimum Gasteiger partial charge on any atom is -0.362 e. The van der Waals surface area contributed by atoms with Gasteiger partial charge in [0.05, 0.1) is 40.3 Å². The Balaban J connectivity index is 1.32. The van der Waals surface area contributed by atoms with E-state index >= 15 is 0 Å². The number of benzene rings is 2. The van der Waals surface area contributed by atoms with Crippen LogP contribution in [0.15, 0.2) is 70.7 Å². The predicted octanol–water partition coefficient (Wildman–Crippen LogP) is 2.14. The van der Waals surface area contributed by atoms with Crippen molar-refractivity contribution in [1.29, 1.82) is 0 Å². The predicted molar refractivity (Wildman–Crippen MR) is 117 cm³/mol. The van der Waals surface area contributed by atoms with Crippen molar-refractivity contribution in [2.24, 2.45) is 16.9 Å². The maximum absolute atomic E-state index is 13.0. The number of aryl methyl sites for hydroxylation is 1. The Hall–Kier alpha value is -3.30. The first-order valence-electron chi connectivity index (χ1n) is 10.2. The van der Waals surface area contributed by atoms with Gasteiger partial charge in [-0.3, -0.25) is 9.59 Å². The zero-order valence-electron chi connectivity index (χ0n) is 17.4. The summed E-state index contributed by atoms with van der Waals surface area (Å²) in [6.45, 7) is 3.76. The van der Waals surface area contributed by atoms with Crippen molar-refractivity contribution in [2.45, 2.75) is 30.4 Å². The van der Waals surface area contributed by atoms with Crippen LogP contribution in [0.5, 0.6) is 0 Å². The van der Waals surface area contributed by atoms with Crippen molar-refractivity contribution < 1.29 is 22.7 Å². The molecule has 0 aliphatic carbocycles. The molecule has 0 unspecified atom stereocenters. The molecule has 2 bridgehead atoms. The Morgan fingerprint density at radius 3 is 2.41 bits per heavy atom. The van der Waals surface area contributed by atoms with E-state index in [4.69, 9.17) is 4.74 Å². The van der Waals surface area contributed by atoms with Crippen molar-refractivity contribution in [2.75, 3.05) is 4.90 Å². The van der Waals surface area contributed by atoms with Gasteiger partial charge in [-0.2, -0.15) is 13.5 Å². The van der Waals surface area contributed by atoms with Gasteiger partial charge in [-0.05, 0) is 43.7 Å². The molecule has 2 fully saturated rings. The maximum Gasteiger partial charge on any atom is 0.276 e. The van der Waals surface area contributed by atoms with Crippen LogP contribution in [-0.2, 0) is 24.3 Å². The average molecular weight is 452 g/mol. The molecule has 3 heterocycles. The fourth-order valence-electron chi connectivity index (χ4n) is 4.56. The number of ether oxygens (including phenoxy) is 1. The van der Waals surface area contributed by atoms with Gasteiger partial charge in [0.25, 0.3) is 10.0 Å². The monoisotopic (exact) mass is 451 g/mol. The molecule has 0 aromatic heterocycles. The molecule has 1 N–H and O–H groups in total. The topological polar surface area (TPSA) is 105 Å². The summed E-state index contributed by atoms with van der Waals surface area (Å²) in [7, 11) is -3.90. The minimum absolute atomic E-state index is 0.0290. The van der Waals surface area contributed by atoms with Gasteiger partial charge in [0.2, 0.25) is 11.8 Å². The quantitative estimate of drug-likeness (QED) is 0.325. The molecule has 2 aromatic rings. The number of sulfonamides is 1. The first-order chi connectivity index (χ1) is 15.2. The number of hydrazone groups is 1. The van der Waals surface area contributed by atoms with Crippen LogP contribution < -0.4 is 9.73 Å². The summed E-state index contributed by atoms with van der Waals surface area (Å²) in [6.07, 6.45) is 4.68. The van der Waals surface area contributed by atoms with Crippen molar-refractivity contribution in [3.63, 3.8) is 0 Å². The molecule has 32 heavy (non-hydrogen) atoms. The Kier molecular flexibility index (Phi) is 4.58. The number of hydrogen-bond acceptors (Lipinski definition) is 6. The van der Waals surface area contributed by atoms with Gasteiger partial charge in [0.15, 0.2) is 0 Å². The third kappa shape index (κ3) is 3.16. The zero-order chi connectivity index (χ0) is 22.7. The molecular formula is C23H21N3O5S. The number of fused-ring (bicyclic) bond motifs is 5. The van der Waals surface area contributed by atoms with E-state index in [1.165, 1.54) is 30.5 Å². The SMILES string of the molecule is Cc1ccc(/C=N/NS(=O)(=O)c2ccc(N3C(=O)[C@H]4[C@@H](C3=O)[C@]3(C)C=C[C@H]4O3)cc2)cc1. The van der Waals surface area contributed by atoms with Gasteiger partial charge >= 0.3 is 0 Å². The number of nitrogens with one attached hydrogen (secondary N) is 1. The third-order valence-electron chi connectivity index (χ3n) is 6.20. The van der Waals surface area contributed by atoms with E-state index in [1.807, 2.05) is 43.3 Å². The highest BCUT2D eigenvalue weighted by Gasteiger charge is 2.66. The number of amides is 2. The highest BCUT2D eigenvalue weighted by atomic mass is 32.2. The van der Waals surface area contributed by atoms with E-state index in [-0.39, 0.29) is 16.7 Å². The van der Waals surface area contributed by atoms with Crippen LogP contribution >= 0.6 is 0 Å². The normalized spacial score (nSPS) is 28.7. The molecule has 2 aromatic carbocycles. The van der Waals surface area contributed by atoms with Gasteiger partial charge < -0.3 is 4.74 Å². The molecule has 0 radical (unpaired) electrons. The van der Waals surface area contributed by atoms with E-state index in [0.717, 1.165) is 16.0 Å². The summed E-state index contributed by atoms with van der Waals surface area (Å²) in [6, 6.07) is 13.1. The second-order valence-corrected chi connectivity index (χ2v) is 10.1. The third-order valence-corrected chi connectivity index (χ3v) is 7.44. The van der Waals surface area contributed by atoms with Gasteiger partial charge in [-0.15, -0.1) is 0 Å². The smallest absolute Gasteiger partial charge is 0.276 e. The van der Waals surface area contributed by atoms with Crippen LogP contribution in [0.1, 0.15) is 18.1 Å². The summed E-state index contributed by atoms with van der Waals surface area (Å²) in [5, 5.41) is 3.81. The minimum atomic E-state index is -3.90. The van der Waals surface area contributed by atoms with E-state index in [0.29, 0.717) is 5.69 Å². The standard InChI is InChI=1S/C23H21N3O5S/c1-14-3-5-15(6-4-14)13-24-25-32(29,30)17-9-7-16(8-10-17)26-21(27)19-18-11-12-23(2,31-18)20(19)22(26)28/h3-13,18-20,25H,1-2H3/b24-13+/t18-,19-,20+,23+/m1/s1. The highest BCUT2D eigenvalue weighted by molar-refractivity contribution is 7.89. The van der Waals surface area contributed by atoms with Gasteiger partial charge in [0, 0.05) is 0 Å². The zero-order valence-corrected chi connectivity index (χ0v) is 18.2. The van der Waals surface area contributed by atoms with E-state index in [9.17, 15) is 18.0 Å². The van der Waals surface area contributed by atoms with Crippen LogP contribution in [0, 0.1) is 18.8 Å². The van der Waals surface area contributed by atoms with E-state index in [1.54, 1.807) is 6.92 Å². The molecule has 0 spiro atoms. The average Bonchev–Trinajstić information content (AvgIpc) is 3.38. The Morgan fingerprint density at radius 1 is 1.06 bits per heavy atom. The lowest BCUT2D eigenvalue weighted by atomic mass is 9.78. The molecule has 8 nitrogen and oxygen atoms in total. The molecule has 3 aliphatic heterocycles. The maximum atomic E-state index is 13.0. The summed E-state index contributed by atoms with van der Waals surface area (Å²) < 4.78 is 30.9. The van der Waals surface area contributed by atoms with Crippen molar-refractivity contribution in [3.8, 4) is 0 Å². The number of nitrogens with zero attached hydrogens (tertiary/aromatic N) is 2. The Bertz CT molecular complexity index is 1270. The lowest BCUT2D eigenvalue weighted by Crippen LogP contribution is -2.38. The molecule has 5 rings (SSSR count). The molecule has 2 amide bonds. The lowest BCUT2D eigenvalue weighted by Gasteiger charge is -2.24. The number of carbonyl (C=O) groups is 2. The highest BCUT2D eigenvalue weighted by Crippen LogP contribution is 2.52. The molecular weight excluding hydrogens is 430 g/mol. The fourth-order valence-corrected chi connectivity index (χ4v) is 5.35. The largest absolute Gasteiger partial charge is 0.362 e. The fraction of sp³-hybridized carbons (Fsp3) is 0.261. The summed E-state index contributed by atoms with van der Waals surface area (Å²) in [4.78, 5) is 29.2. The van der Waals surface area contributed by atoms with Crippen LogP contribution in [0.4, 0.5) is 5.69 Å². The van der Waals surface area contributed by atoms with Crippen LogP contribution in [-0.4, -0.2) is 38.2 Å². The summed E-state index contributed by atoms with van der Waals surface area (Å²) >= 11 is 0. The summed E-state index contributed by atoms with van der Waals surface area (Å²) in [5.41, 5.74) is 1.40. The Labute approximate surface area is 185 Å². The van der Waals surface area contributed by atoms with Gasteiger partial charge in [0.1, 0.15) is 0 Å². The van der Waals surface area contributed by atoms with Gasteiger partial charge in [-0.1, -0.05) is 42.0 Å². The first kappa shape index (κ1) is 20.6. The molecule has 164 valence electrons. The molecule has 4 atom stereocenters. The Morgan fingerprint density at radius 2 is 1.75 bits per heavy atom. The molecule has 9 heteroatoms. The number of carbonyl (C=O) groups excluding carboxylic acids is 2.